The fourth-order valence-electron chi connectivity index (χ4n) is 4.26. The Balaban J connectivity index is 1.62. The average molecular weight is 469 g/mol. The van der Waals surface area contributed by atoms with Gasteiger partial charge in [-0.15, -0.1) is 10.2 Å². The lowest BCUT2D eigenvalue weighted by molar-refractivity contribution is 0.440. The number of benzene rings is 2. The lowest BCUT2D eigenvalue weighted by Gasteiger charge is -2.18. The van der Waals surface area contributed by atoms with Crippen LogP contribution < -0.4 is 0 Å². The number of rotatable bonds is 4. The van der Waals surface area contributed by atoms with Gasteiger partial charge in [0.05, 0.1) is 11.4 Å². The molecule has 7 heteroatoms. The van der Waals surface area contributed by atoms with Crippen LogP contribution in [0.4, 0.5) is 0 Å². The van der Waals surface area contributed by atoms with Gasteiger partial charge in [0, 0.05) is 27.1 Å². The molecule has 0 radical (unpaired) electrons. The fraction of sp³-hybridized carbons (Fsp3) is 0.292. The monoisotopic (exact) mass is 468 g/mol. The molecule has 0 atom stereocenters. The molecule has 1 saturated carbocycles. The summed E-state index contributed by atoms with van der Waals surface area (Å²) in [6.45, 7) is 2.10. The van der Waals surface area contributed by atoms with Gasteiger partial charge in [-0.1, -0.05) is 65.9 Å². The van der Waals surface area contributed by atoms with Crippen LogP contribution in [0.25, 0.3) is 27.6 Å². The number of nitrogens with zero attached hydrogens (tertiary/aromatic N) is 4. The van der Waals surface area contributed by atoms with Crippen LogP contribution in [0, 0.1) is 6.92 Å². The molecule has 4 aromatic rings. The van der Waals surface area contributed by atoms with Gasteiger partial charge in [-0.25, -0.2) is 4.68 Å². The minimum atomic E-state index is 0.536. The number of aromatic nitrogens is 4. The Hall–Kier alpha value is -2.21. The van der Waals surface area contributed by atoms with Crippen molar-refractivity contribution in [2.45, 2.75) is 44.9 Å². The van der Waals surface area contributed by atoms with Gasteiger partial charge in [0.15, 0.2) is 5.01 Å². The highest BCUT2D eigenvalue weighted by molar-refractivity contribution is 7.14. The molecule has 158 valence electrons. The summed E-state index contributed by atoms with van der Waals surface area (Å²) in [6.07, 6.45) is 6.32. The minimum Gasteiger partial charge on any atom is -0.232 e. The Morgan fingerprint density at radius 3 is 2.19 bits per heavy atom. The van der Waals surface area contributed by atoms with Crippen molar-refractivity contribution in [3.05, 3.63) is 69.1 Å². The highest BCUT2D eigenvalue weighted by atomic mass is 35.5. The molecule has 2 aromatic heterocycles. The normalized spacial score (nSPS) is 14.8. The van der Waals surface area contributed by atoms with E-state index >= 15 is 0 Å². The zero-order valence-corrected chi connectivity index (χ0v) is 19.5. The Morgan fingerprint density at radius 1 is 0.871 bits per heavy atom. The zero-order valence-electron chi connectivity index (χ0n) is 17.2. The van der Waals surface area contributed by atoms with Gasteiger partial charge < -0.3 is 0 Å². The van der Waals surface area contributed by atoms with Crippen molar-refractivity contribution in [2.75, 3.05) is 0 Å². The van der Waals surface area contributed by atoms with Gasteiger partial charge in [0.2, 0.25) is 0 Å². The molecule has 31 heavy (non-hydrogen) atoms. The van der Waals surface area contributed by atoms with E-state index in [1.807, 2.05) is 53.2 Å². The summed E-state index contributed by atoms with van der Waals surface area (Å²) >= 11 is 13.9. The summed E-state index contributed by atoms with van der Waals surface area (Å²) in [5.41, 5.74) is 4.96. The second-order valence-electron chi connectivity index (χ2n) is 8.00. The van der Waals surface area contributed by atoms with Crippen molar-refractivity contribution in [3.63, 3.8) is 0 Å². The fourth-order valence-corrected chi connectivity index (χ4v) is 5.57. The molecule has 0 N–H and O–H groups in total. The summed E-state index contributed by atoms with van der Waals surface area (Å²) in [6, 6.07) is 15.6. The van der Waals surface area contributed by atoms with Crippen molar-refractivity contribution in [2.24, 2.45) is 0 Å². The number of hydrogen-bond donors (Lipinski definition) is 0. The number of halogens is 2. The first-order chi connectivity index (χ1) is 15.1. The quantitative estimate of drug-likeness (QED) is 0.307. The molecule has 1 aliphatic carbocycles. The predicted octanol–water partition coefficient (Wildman–Crippen LogP) is 7.72. The largest absolute Gasteiger partial charge is 0.232 e. The van der Waals surface area contributed by atoms with Crippen molar-refractivity contribution < 1.29 is 0 Å². The van der Waals surface area contributed by atoms with Crippen LogP contribution >= 0.6 is 34.5 Å². The van der Waals surface area contributed by atoms with Crippen molar-refractivity contribution in [1.82, 2.24) is 20.0 Å². The molecule has 1 fully saturated rings. The SMILES string of the molecule is Cc1c(-c2nnc(C3CCCCC3)s2)nn(-c2ccc(Cl)cc2)c1-c1ccc(Cl)cc1. The Morgan fingerprint density at radius 2 is 1.52 bits per heavy atom. The Bertz CT molecular complexity index is 1190. The smallest absolute Gasteiger partial charge is 0.168 e. The molecular weight excluding hydrogens is 447 g/mol. The van der Waals surface area contributed by atoms with Gasteiger partial charge in [-0.3, -0.25) is 0 Å². The van der Waals surface area contributed by atoms with Crippen LogP contribution in [0.2, 0.25) is 10.0 Å². The van der Waals surface area contributed by atoms with Gasteiger partial charge in [-0.05, 0) is 56.2 Å². The van der Waals surface area contributed by atoms with Crippen LogP contribution in [-0.2, 0) is 0 Å². The molecule has 2 heterocycles. The average Bonchev–Trinajstić information content (AvgIpc) is 3.41. The van der Waals surface area contributed by atoms with Crippen molar-refractivity contribution in [1.29, 1.82) is 0 Å². The summed E-state index contributed by atoms with van der Waals surface area (Å²) in [7, 11) is 0. The molecule has 1 aliphatic rings. The van der Waals surface area contributed by atoms with Crippen LogP contribution in [0.15, 0.2) is 48.5 Å². The maximum Gasteiger partial charge on any atom is 0.168 e. The van der Waals surface area contributed by atoms with Crippen LogP contribution in [0.5, 0.6) is 0 Å². The molecule has 0 saturated heterocycles. The van der Waals surface area contributed by atoms with E-state index in [9.17, 15) is 0 Å². The molecule has 0 amide bonds. The molecule has 0 spiro atoms. The first kappa shape index (κ1) is 20.7. The molecule has 5 rings (SSSR count). The first-order valence-electron chi connectivity index (χ1n) is 10.6. The summed E-state index contributed by atoms with van der Waals surface area (Å²) in [5.74, 6) is 0.536. The van der Waals surface area contributed by atoms with E-state index in [1.165, 1.54) is 32.1 Å². The van der Waals surface area contributed by atoms with Gasteiger partial charge in [0.25, 0.3) is 0 Å². The second-order valence-corrected chi connectivity index (χ2v) is 9.88. The maximum atomic E-state index is 6.14. The van der Waals surface area contributed by atoms with E-state index in [2.05, 4.69) is 17.1 Å². The van der Waals surface area contributed by atoms with E-state index in [4.69, 9.17) is 28.3 Å². The van der Waals surface area contributed by atoms with Crippen LogP contribution in [0.3, 0.4) is 0 Å². The zero-order chi connectivity index (χ0) is 21.4. The van der Waals surface area contributed by atoms with Crippen molar-refractivity contribution in [3.8, 4) is 27.6 Å². The molecule has 0 unspecified atom stereocenters. The van der Waals surface area contributed by atoms with Crippen LogP contribution in [-0.4, -0.2) is 20.0 Å². The highest BCUT2D eigenvalue weighted by Gasteiger charge is 2.24. The second kappa shape index (κ2) is 8.73. The molecule has 4 nitrogen and oxygen atoms in total. The third kappa shape index (κ3) is 4.14. The van der Waals surface area contributed by atoms with Gasteiger partial charge in [-0.2, -0.15) is 5.10 Å². The minimum absolute atomic E-state index is 0.536. The third-order valence-electron chi connectivity index (χ3n) is 5.91. The maximum absolute atomic E-state index is 6.14. The standard InChI is InChI=1S/C24H22Cl2N4S/c1-15-21(24-28-27-23(31-24)17-5-3-2-4-6-17)29-30(20-13-11-19(26)12-14-20)22(15)16-7-9-18(25)10-8-16/h7-14,17H,2-6H2,1H3. The summed E-state index contributed by atoms with van der Waals surface area (Å²) in [5, 5.41) is 17.5. The summed E-state index contributed by atoms with van der Waals surface area (Å²) < 4.78 is 1.96. The van der Waals surface area contributed by atoms with E-state index in [1.54, 1.807) is 11.3 Å². The lowest BCUT2D eigenvalue weighted by atomic mass is 9.90. The summed E-state index contributed by atoms with van der Waals surface area (Å²) in [4.78, 5) is 0. The highest BCUT2D eigenvalue weighted by Crippen LogP contribution is 2.39. The van der Waals surface area contributed by atoms with Crippen LogP contribution in [0.1, 0.15) is 48.6 Å². The van der Waals surface area contributed by atoms with Gasteiger partial charge in [0.1, 0.15) is 10.7 Å². The molecule has 0 aliphatic heterocycles. The Labute approximate surface area is 195 Å². The van der Waals surface area contributed by atoms with E-state index < -0.39 is 0 Å². The first-order valence-corrected chi connectivity index (χ1v) is 12.1. The Kier molecular flexibility index (Phi) is 5.83. The van der Waals surface area contributed by atoms with E-state index in [0.717, 1.165) is 38.2 Å². The number of hydrogen-bond acceptors (Lipinski definition) is 4. The van der Waals surface area contributed by atoms with Gasteiger partial charge >= 0.3 is 0 Å². The van der Waals surface area contributed by atoms with E-state index in [0.29, 0.717) is 16.0 Å². The van der Waals surface area contributed by atoms with E-state index in [-0.39, 0.29) is 0 Å². The molecule has 0 bridgehead atoms. The molecule has 2 aromatic carbocycles. The lowest BCUT2D eigenvalue weighted by Crippen LogP contribution is -2.03. The topological polar surface area (TPSA) is 43.6 Å². The third-order valence-corrected chi connectivity index (χ3v) is 7.51. The molecular formula is C24H22Cl2N4S. The van der Waals surface area contributed by atoms with Crippen molar-refractivity contribution >= 4 is 34.5 Å². The predicted molar refractivity (Wildman–Crippen MR) is 128 cm³/mol.